The van der Waals surface area contributed by atoms with Crippen LogP contribution in [0, 0.1) is 17.5 Å². The Kier molecular flexibility index (Phi) is 5.78. The summed E-state index contributed by atoms with van der Waals surface area (Å²) in [4.78, 5) is 34.5. The van der Waals surface area contributed by atoms with E-state index >= 15 is 0 Å². The Bertz CT molecular complexity index is 874. The Morgan fingerprint density at radius 1 is 0.962 bits per heavy atom. The van der Waals surface area contributed by atoms with Crippen molar-refractivity contribution in [3.63, 3.8) is 0 Å². The molecule has 136 valence electrons. The van der Waals surface area contributed by atoms with Crippen molar-refractivity contribution in [1.29, 1.82) is 0 Å². The summed E-state index contributed by atoms with van der Waals surface area (Å²) in [5.41, 5.74) is 4.81. The molecule has 26 heavy (non-hydrogen) atoms. The molecule has 2 rings (SSSR count). The van der Waals surface area contributed by atoms with Gasteiger partial charge in [0.2, 0.25) is 5.91 Å². The van der Waals surface area contributed by atoms with Crippen molar-refractivity contribution in [1.82, 2.24) is 5.32 Å². The van der Waals surface area contributed by atoms with Gasteiger partial charge in [0, 0.05) is 11.3 Å². The van der Waals surface area contributed by atoms with Gasteiger partial charge in [-0.15, -0.1) is 0 Å². The molecule has 0 spiro atoms. The number of benzene rings is 2. The van der Waals surface area contributed by atoms with Crippen LogP contribution in [0.2, 0.25) is 0 Å². The van der Waals surface area contributed by atoms with Gasteiger partial charge in [0.25, 0.3) is 5.91 Å². The molecule has 0 aliphatic carbocycles. The highest BCUT2D eigenvalue weighted by Crippen LogP contribution is 2.19. The lowest BCUT2D eigenvalue weighted by atomic mass is 10.2. The van der Waals surface area contributed by atoms with Crippen LogP contribution in [0.15, 0.2) is 36.4 Å². The van der Waals surface area contributed by atoms with Gasteiger partial charge in [-0.3, -0.25) is 9.59 Å². The summed E-state index contributed by atoms with van der Waals surface area (Å²) >= 11 is 0. The van der Waals surface area contributed by atoms with E-state index in [1.807, 2.05) is 5.32 Å². The molecular weight excluding hydrogens is 353 g/mol. The highest BCUT2D eigenvalue weighted by molar-refractivity contribution is 6.00. The van der Waals surface area contributed by atoms with E-state index in [1.54, 1.807) is 0 Å². The molecule has 2 aromatic rings. The van der Waals surface area contributed by atoms with E-state index in [4.69, 9.17) is 5.73 Å². The minimum atomic E-state index is -1.72. The van der Waals surface area contributed by atoms with Crippen LogP contribution in [0.3, 0.4) is 0 Å². The number of hydrogen-bond acceptors (Lipinski definition) is 3. The van der Waals surface area contributed by atoms with E-state index in [0.29, 0.717) is 6.07 Å². The molecule has 2 aromatic carbocycles. The first-order chi connectivity index (χ1) is 12.3. The highest BCUT2D eigenvalue weighted by atomic mass is 19.2. The maximum Gasteiger partial charge on any atom is 0.316 e. The highest BCUT2D eigenvalue weighted by Gasteiger charge is 2.16. The van der Waals surface area contributed by atoms with Gasteiger partial charge in [-0.05, 0) is 30.3 Å². The van der Waals surface area contributed by atoms with Crippen molar-refractivity contribution in [2.75, 3.05) is 17.2 Å². The van der Waals surface area contributed by atoms with Crippen molar-refractivity contribution in [2.24, 2.45) is 5.73 Å². The SMILES string of the molecule is NC(=O)Nc1cccc(C(=O)NCC(=O)Nc2ccc(F)c(F)c2F)c1. The molecule has 7 nitrogen and oxygen atoms in total. The normalized spacial score (nSPS) is 10.1. The van der Waals surface area contributed by atoms with Crippen molar-refractivity contribution in [3.05, 3.63) is 59.4 Å². The molecular formula is C16H13F3N4O3. The molecule has 0 atom stereocenters. The topological polar surface area (TPSA) is 113 Å². The van der Waals surface area contributed by atoms with Crippen LogP contribution in [0.4, 0.5) is 29.3 Å². The Hall–Kier alpha value is -3.56. The third kappa shape index (κ3) is 4.72. The molecule has 0 bridgehead atoms. The zero-order chi connectivity index (χ0) is 19.3. The number of carbonyl (C=O) groups is 3. The van der Waals surface area contributed by atoms with E-state index in [9.17, 15) is 27.6 Å². The van der Waals surface area contributed by atoms with E-state index in [1.165, 1.54) is 24.3 Å². The van der Waals surface area contributed by atoms with Crippen LogP contribution in [0.1, 0.15) is 10.4 Å². The summed E-state index contributed by atoms with van der Waals surface area (Å²) < 4.78 is 39.4. The van der Waals surface area contributed by atoms with Crippen LogP contribution in [-0.4, -0.2) is 24.4 Å². The first-order valence-corrected chi connectivity index (χ1v) is 7.16. The predicted octanol–water partition coefficient (Wildman–Crippen LogP) is 1.96. The van der Waals surface area contributed by atoms with Crippen molar-refractivity contribution in [3.8, 4) is 0 Å². The van der Waals surface area contributed by atoms with Crippen LogP contribution < -0.4 is 21.7 Å². The fraction of sp³-hybridized carbons (Fsp3) is 0.0625. The Labute approximate surface area is 145 Å². The van der Waals surface area contributed by atoms with Gasteiger partial charge in [0.05, 0.1) is 12.2 Å². The minimum Gasteiger partial charge on any atom is -0.351 e. The van der Waals surface area contributed by atoms with Crippen molar-refractivity contribution in [2.45, 2.75) is 0 Å². The average molecular weight is 366 g/mol. The number of primary amides is 1. The Balaban J connectivity index is 1.96. The number of halogens is 3. The first-order valence-electron chi connectivity index (χ1n) is 7.16. The van der Waals surface area contributed by atoms with Crippen molar-refractivity contribution < 1.29 is 27.6 Å². The summed E-state index contributed by atoms with van der Waals surface area (Å²) in [5, 5.41) is 6.56. The molecule has 0 radical (unpaired) electrons. The van der Waals surface area contributed by atoms with Gasteiger partial charge >= 0.3 is 6.03 Å². The summed E-state index contributed by atoms with van der Waals surface area (Å²) in [6.45, 7) is -0.551. The number of nitrogens with two attached hydrogens (primary N) is 1. The summed E-state index contributed by atoms with van der Waals surface area (Å²) in [6.07, 6.45) is 0. The lowest BCUT2D eigenvalue weighted by Crippen LogP contribution is -2.33. The molecule has 4 amide bonds. The third-order valence-corrected chi connectivity index (χ3v) is 3.11. The maximum absolute atomic E-state index is 13.5. The van der Waals surface area contributed by atoms with Gasteiger partial charge in [-0.1, -0.05) is 6.07 Å². The maximum atomic E-state index is 13.5. The minimum absolute atomic E-state index is 0.128. The molecule has 10 heteroatoms. The molecule has 0 fully saturated rings. The second kappa shape index (κ2) is 8.01. The van der Waals surface area contributed by atoms with Gasteiger partial charge in [-0.2, -0.15) is 0 Å². The standard InChI is InChI=1S/C16H13F3N4O3/c17-10-4-5-11(14(19)13(10)18)23-12(24)7-21-15(25)8-2-1-3-9(6-8)22-16(20)26/h1-6H,7H2,(H,21,25)(H,23,24)(H3,20,22,26). The molecule has 0 saturated heterocycles. The van der Waals surface area contributed by atoms with E-state index in [0.717, 1.165) is 6.07 Å². The first kappa shape index (κ1) is 18.8. The van der Waals surface area contributed by atoms with Gasteiger partial charge in [-0.25, -0.2) is 18.0 Å². The number of rotatable bonds is 5. The van der Waals surface area contributed by atoms with Crippen LogP contribution in [0.25, 0.3) is 0 Å². The Morgan fingerprint density at radius 3 is 2.38 bits per heavy atom. The van der Waals surface area contributed by atoms with Gasteiger partial charge in [0.15, 0.2) is 17.5 Å². The van der Waals surface area contributed by atoms with Crippen molar-refractivity contribution >= 4 is 29.2 Å². The second-order valence-electron chi connectivity index (χ2n) is 5.02. The van der Waals surface area contributed by atoms with Crippen LogP contribution >= 0.6 is 0 Å². The lowest BCUT2D eigenvalue weighted by molar-refractivity contribution is -0.115. The summed E-state index contributed by atoms with van der Waals surface area (Å²) in [5.74, 6) is -6.16. The molecule has 0 unspecified atom stereocenters. The Morgan fingerprint density at radius 2 is 1.69 bits per heavy atom. The molecule has 5 N–H and O–H groups in total. The zero-order valence-electron chi connectivity index (χ0n) is 13.1. The average Bonchev–Trinajstić information content (AvgIpc) is 2.60. The monoisotopic (exact) mass is 366 g/mol. The number of carbonyl (C=O) groups excluding carboxylic acids is 3. The molecule has 0 heterocycles. The summed E-state index contributed by atoms with van der Waals surface area (Å²) in [6, 6.07) is 6.44. The second-order valence-corrected chi connectivity index (χ2v) is 5.02. The number of nitrogens with one attached hydrogen (secondary N) is 3. The smallest absolute Gasteiger partial charge is 0.316 e. The predicted molar refractivity (Wildman–Crippen MR) is 86.9 cm³/mol. The lowest BCUT2D eigenvalue weighted by Gasteiger charge is -2.09. The third-order valence-electron chi connectivity index (χ3n) is 3.11. The molecule has 0 aliphatic heterocycles. The molecule has 0 aliphatic rings. The summed E-state index contributed by atoms with van der Waals surface area (Å²) in [7, 11) is 0. The number of urea groups is 1. The number of anilines is 2. The molecule has 0 saturated carbocycles. The number of hydrogen-bond donors (Lipinski definition) is 4. The van der Waals surface area contributed by atoms with Gasteiger partial charge < -0.3 is 21.7 Å². The van der Waals surface area contributed by atoms with Crippen LogP contribution in [-0.2, 0) is 4.79 Å². The van der Waals surface area contributed by atoms with E-state index < -0.39 is 47.5 Å². The molecule has 0 aromatic heterocycles. The fourth-order valence-corrected chi connectivity index (χ4v) is 1.96. The van der Waals surface area contributed by atoms with E-state index in [2.05, 4.69) is 10.6 Å². The van der Waals surface area contributed by atoms with Crippen LogP contribution in [0.5, 0.6) is 0 Å². The van der Waals surface area contributed by atoms with Gasteiger partial charge in [0.1, 0.15) is 0 Å². The zero-order valence-corrected chi connectivity index (χ0v) is 13.1. The van der Waals surface area contributed by atoms with E-state index in [-0.39, 0.29) is 11.3 Å². The fourth-order valence-electron chi connectivity index (χ4n) is 1.96. The largest absolute Gasteiger partial charge is 0.351 e. The quantitative estimate of drug-likeness (QED) is 0.607. The number of amides is 4.